The highest BCUT2D eigenvalue weighted by Crippen LogP contribution is 2.15. The number of amides is 2. The van der Waals surface area contributed by atoms with Crippen molar-refractivity contribution in [3.63, 3.8) is 0 Å². The minimum Gasteiger partial charge on any atom is -0.352 e. The fourth-order valence-corrected chi connectivity index (χ4v) is 2.95. The van der Waals surface area contributed by atoms with Gasteiger partial charge in [0.15, 0.2) is 0 Å². The Hall–Kier alpha value is -2.66. The molecule has 0 radical (unpaired) electrons. The van der Waals surface area contributed by atoms with E-state index in [1.807, 2.05) is 12.1 Å². The largest absolute Gasteiger partial charge is 0.352 e. The zero-order valence-corrected chi connectivity index (χ0v) is 17.7. The predicted molar refractivity (Wildman–Crippen MR) is 119 cm³/mol. The maximum Gasteiger partial charge on any atom is 0.252 e. The van der Waals surface area contributed by atoms with E-state index in [0.717, 1.165) is 24.8 Å². The van der Waals surface area contributed by atoms with Gasteiger partial charge in [0.1, 0.15) is 0 Å². The van der Waals surface area contributed by atoms with Crippen molar-refractivity contribution in [2.75, 3.05) is 6.54 Å². The van der Waals surface area contributed by atoms with Crippen LogP contribution in [0.25, 0.3) is 0 Å². The van der Waals surface area contributed by atoms with Crippen LogP contribution in [0.3, 0.4) is 0 Å². The van der Waals surface area contributed by atoms with Crippen molar-refractivity contribution in [1.29, 1.82) is 0 Å². The first-order chi connectivity index (χ1) is 14.0. The molecule has 0 fully saturated rings. The molecule has 0 aromatic heterocycles. The highest BCUT2D eigenvalue weighted by molar-refractivity contribution is 6.33. The molecule has 0 spiro atoms. The molecule has 2 N–H and O–H groups in total. The van der Waals surface area contributed by atoms with E-state index in [-0.39, 0.29) is 11.8 Å². The first-order valence-corrected chi connectivity index (χ1v) is 10.3. The summed E-state index contributed by atoms with van der Waals surface area (Å²) in [6.45, 7) is 4.85. The molecule has 0 bridgehead atoms. The molecule has 0 saturated heterocycles. The van der Waals surface area contributed by atoms with E-state index in [0.29, 0.717) is 29.5 Å². The zero-order valence-electron chi connectivity index (χ0n) is 17.0. The van der Waals surface area contributed by atoms with Gasteiger partial charge in [-0.1, -0.05) is 68.3 Å². The first kappa shape index (κ1) is 22.6. The summed E-state index contributed by atoms with van der Waals surface area (Å²) < 4.78 is 0. The van der Waals surface area contributed by atoms with Crippen molar-refractivity contribution in [2.24, 2.45) is 5.10 Å². The van der Waals surface area contributed by atoms with Crippen molar-refractivity contribution in [2.45, 2.75) is 45.4 Å². The average molecular weight is 414 g/mol. The summed E-state index contributed by atoms with van der Waals surface area (Å²) in [4.78, 5) is 23.8. The van der Waals surface area contributed by atoms with Crippen LogP contribution < -0.4 is 10.7 Å². The van der Waals surface area contributed by atoms with Crippen LogP contribution in [-0.2, 0) is 4.79 Å². The standard InChI is InChI=1S/C23H28ClN3O2/c1-17(2)19-13-11-18(12-14-19)16-26-27-22(28)10-4-3-7-15-25-23(29)20-8-5-6-9-21(20)24/h5-6,8-9,11-14,16-17H,3-4,7,10,15H2,1-2H3,(H,25,29)(H,27,28). The van der Waals surface area contributed by atoms with E-state index in [2.05, 4.69) is 41.8 Å². The number of hydrogen-bond donors (Lipinski definition) is 2. The lowest BCUT2D eigenvalue weighted by Gasteiger charge is -2.06. The second-order valence-electron chi connectivity index (χ2n) is 7.16. The number of nitrogens with one attached hydrogen (secondary N) is 2. The van der Waals surface area contributed by atoms with Crippen molar-refractivity contribution < 1.29 is 9.59 Å². The second-order valence-corrected chi connectivity index (χ2v) is 7.57. The summed E-state index contributed by atoms with van der Waals surface area (Å²) in [6.07, 6.45) is 4.44. The monoisotopic (exact) mass is 413 g/mol. The lowest BCUT2D eigenvalue weighted by atomic mass is 10.0. The van der Waals surface area contributed by atoms with Gasteiger partial charge in [-0.05, 0) is 42.0 Å². The van der Waals surface area contributed by atoms with Crippen molar-refractivity contribution in [3.05, 3.63) is 70.2 Å². The summed E-state index contributed by atoms with van der Waals surface area (Å²) >= 11 is 6.00. The Labute approximate surface area is 177 Å². The Bertz CT molecular complexity index is 832. The van der Waals surface area contributed by atoms with E-state index < -0.39 is 0 Å². The molecule has 0 aliphatic heterocycles. The van der Waals surface area contributed by atoms with E-state index in [9.17, 15) is 9.59 Å². The number of halogens is 1. The van der Waals surface area contributed by atoms with Crippen LogP contribution in [0.5, 0.6) is 0 Å². The summed E-state index contributed by atoms with van der Waals surface area (Å²) in [5.41, 5.74) is 5.25. The Morgan fingerprint density at radius 3 is 2.45 bits per heavy atom. The molecule has 2 amide bonds. The molecular formula is C23H28ClN3O2. The summed E-state index contributed by atoms with van der Waals surface area (Å²) in [5.74, 6) is 0.203. The van der Waals surface area contributed by atoms with Gasteiger partial charge in [-0.15, -0.1) is 0 Å². The van der Waals surface area contributed by atoms with Crippen LogP contribution in [0.1, 0.15) is 66.9 Å². The van der Waals surface area contributed by atoms with Gasteiger partial charge in [0.25, 0.3) is 5.91 Å². The Balaban J connectivity index is 1.57. The Morgan fingerprint density at radius 1 is 1.03 bits per heavy atom. The third kappa shape index (κ3) is 8.08. The maximum absolute atomic E-state index is 12.0. The van der Waals surface area contributed by atoms with Gasteiger partial charge in [-0.2, -0.15) is 5.10 Å². The SMILES string of the molecule is CC(C)c1ccc(C=NNC(=O)CCCCCNC(=O)c2ccccc2Cl)cc1. The normalized spacial score (nSPS) is 11.0. The van der Waals surface area contributed by atoms with E-state index in [4.69, 9.17) is 11.6 Å². The van der Waals surface area contributed by atoms with Gasteiger partial charge in [-0.3, -0.25) is 9.59 Å². The lowest BCUT2D eigenvalue weighted by Crippen LogP contribution is -2.24. The molecule has 5 nitrogen and oxygen atoms in total. The van der Waals surface area contributed by atoms with Crippen LogP contribution in [-0.4, -0.2) is 24.6 Å². The van der Waals surface area contributed by atoms with Crippen molar-refractivity contribution in [3.8, 4) is 0 Å². The van der Waals surface area contributed by atoms with E-state index in [1.54, 1.807) is 30.5 Å². The third-order valence-corrected chi connectivity index (χ3v) is 4.82. The summed E-state index contributed by atoms with van der Waals surface area (Å²) in [5, 5.41) is 7.29. The number of carbonyl (C=O) groups excluding carboxylic acids is 2. The Morgan fingerprint density at radius 2 is 1.76 bits per heavy atom. The van der Waals surface area contributed by atoms with Gasteiger partial charge in [0, 0.05) is 13.0 Å². The van der Waals surface area contributed by atoms with E-state index in [1.165, 1.54) is 5.56 Å². The average Bonchev–Trinajstić information content (AvgIpc) is 2.71. The number of benzene rings is 2. The minimum atomic E-state index is -0.177. The zero-order chi connectivity index (χ0) is 21.1. The van der Waals surface area contributed by atoms with Gasteiger partial charge >= 0.3 is 0 Å². The third-order valence-electron chi connectivity index (χ3n) is 4.49. The predicted octanol–water partition coefficient (Wildman–Crippen LogP) is 4.90. The number of hydrogen-bond acceptors (Lipinski definition) is 3. The lowest BCUT2D eigenvalue weighted by molar-refractivity contribution is -0.121. The van der Waals surface area contributed by atoms with Crippen molar-refractivity contribution >= 4 is 29.6 Å². The molecule has 0 aliphatic rings. The molecule has 2 rings (SSSR count). The number of carbonyl (C=O) groups is 2. The van der Waals surface area contributed by atoms with Crippen molar-refractivity contribution in [1.82, 2.24) is 10.7 Å². The number of nitrogens with zero attached hydrogens (tertiary/aromatic N) is 1. The fourth-order valence-electron chi connectivity index (χ4n) is 2.73. The molecule has 2 aromatic rings. The van der Waals surface area contributed by atoms with Crippen LogP contribution in [0.2, 0.25) is 5.02 Å². The Kier molecular flexibility index (Phi) is 9.38. The highest BCUT2D eigenvalue weighted by Gasteiger charge is 2.08. The molecule has 29 heavy (non-hydrogen) atoms. The van der Waals surface area contributed by atoms with Gasteiger partial charge < -0.3 is 5.32 Å². The molecule has 0 saturated carbocycles. The van der Waals surface area contributed by atoms with Gasteiger partial charge in [0.2, 0.25) is 5.91 Å². The smallest absolute Gasteiger partial charge is 0.252 e. The molecule has 0 heterocycles. The molecule has 6 heteroatoms. The second kappa shape index (κ2) is 12.0. The van der Waals surface area contributed by atoms with E-state index >= 15 is 0 Å². The highest BCUT2D eigenvalue weighted by atomic mass is 35.5. The first-order valence-electron chi connectivity index (χ1n) is 9.92. The number of rotatable bonds is 10. The molecular weight excluding hydrogens is 386 g/mol. The molecule has 0 atom stereocenters. The van der Waals surface area contributed by atoms with Crippen LogP contribution >= 0.6 is 11.6 Å². The van der Waals surface area contributed by atoms with Gasteiger partial charge in [0.05, 0.1) is 16.8 Å². The molecule has 2 aromatic carbocycles. The summed E-state index contributed by atoms with van der Waals surface area (Å²) in [7, 11) is 0. The van der Waals surface area contributed by atoms with Crippen LogP contribution in [0.15, 0.2) is 53.6 Å². The minimum absolute atomic E-state index is 0.111. The number of unbranched alkanes of at least 4 members (excludes halogenated alkanes) is 2. The van der Waals surface area contributed by atoms with Crippen LogP contribution in [0.4, 0.5) is 0 Å². The summed E-state index contributed by atoms with van der Waals surface area (Å²) in [6, 6.07) is 15.1. The fraction of sp³-hybridized carbons (Fsp3) is 0.348. The van der Waals surface area contributed by atoms with Gasteiger partial charge in [-0.25, -0.2) is 5.43 Å². The quantitative estimate of drug-likeness (QED) is 0.330. The number of hydrazone groups is 1. The topological polar surface area (TPSA) is 70.6 Å². The maximum atomic E-state index is 12.0. The molecule has 0 aliphatic carbocycles. The van der Waals surface area contributed by atoms with Crippen LogP contribution in [0, 0.1) is 0 Å². The molecule has 154 valence electrons. The molecule has 0 unspecified atom stereocenters.